The maximum atomic E-state index is 5.67. The van der Waals surface area contributed by atoms with Crippen molar-refractivity contribution < 1.29 is 0 Å². The Morgan fingerprint density at radius 3 is 2.54 bits per heavy atom. The third-order valence-electron chi connectivity index (χ3n) is 3.15. The summed E-state index contributed by atoms with van der Waals surface area (Å²) in [7, 11) is 0. The van der Waals surface area contributed by atoms with Gasteiger partial charge in [-0.2, -0.15) is 0 Å². The van der Waals surface area contributed by atoms with Crippen molar-refractivity contribution in [3.8, 4) is 0 Å². The van der Waals surface area contributed by atoms with Gasteiger partial charge < -0.3 is 5.73 Å². The minimum absolute atomic E-state index is 0.769. The van der Waals surface area contributed by atoms with Gasteiger partial charge in [-0.25, -0.2) is 0 Å². The van der Waals surface area contributed by atoms with Crippen molar-refractivity contribution in [3.63, 3.8) is 0 Å². The molecule has 1 aliphatic rings. The van der Waals surface area contributed by atoms with Crippen LogP contribution in [-0.2, 0) is 0 Å². The molecule has 2 atom stereocenters. The van der Waals surface area contributed by atoms with Gasteiger partial charge in [0.15, 0.2) is 0 Å². The molecule has 2 N–H and O–H groups in total. The Labute approximate surface area is 80.0 Å². The van der Waals surface area contributed by atoms with Crippen LogP contribution < -0.4 is 5.73 Å². The van der Waals surface area contributed by atoms with Crippen LogP contribution in [0.25, 0.3) is 0 Å². The second-order valence-corrected chi connectivity index (χ2v) is 4.02. The third kappa shape index (κ3) is 1.92. The lowest BCUT2D eigenvalue weighted by Crippen LogP contribution is -2.10. The van der Waals surface area contributed by atoms with Gasteiger partial charge in [-0.3, -0.25) is 0 Å². The van der Waals surface area contributed by atoms with Crippen LogP contribution in [0.5, 0.6) is 0 Å². The van der Waals surface area contributed by atoms with Crippen LogP contribution >= 0.6 is 0 Å². The maximum Gasteiger partial charge on any atom is -0.00486 e. The van der Waals surface area contributed by atoms with Crippen molar-refractivity contribution in [3.05, 3.63) is 35.9 Å². The van der Waals surface area contributed by atoms with E-state index in [1.54, 1.807) is 0 Å². The predicted octanol–water partition coefficient (Wildman–Crippen LogP) is 2.53. The Hall–Kier alpha value is -0.820. The molecule has 1 aromatic rings. The topological polar surface area (TPSA) is 26.0 Å². The predicted molar refractivity (Wildman–Crippen MR) is 55.6 cm³/mol. The number of rotatable bonds is 2. The van der Waals surface area contributed by atoms with Crippen LogP contribution in [0.2, 0.25) is 0 Å². The molecule has 1 heteroatoms. The van der Waals surface area contributed by atoms with Crippen molar-refractivity contribution in [1.29, 1.82) is 0 Å². The van der Waals surface area contributed by atoms with E-state index in [0.717, 1.165) is 18.4 Å². The average Bonchev–Trinajstić information content (AvgIpc) is 2.67. The fourth-order valence-electron chi connectivity index (χ4n) is 2.32. The molecule has 1 saturated carbocycles. The van der Waals surface area contributed by atoms with Crippen molar-refractivity contribution in [2.45, 2.75) is 25.2 Å². The zero-order chi connectivity index (χ0) is 9.10. The Bertz CT molecular complexity index is 255. The van der Waals surface area contributed by atoms with E-state index in [-0.39, 0.29) is 0 Å². The van der Waals surface area contributed by atoms with E-state index < -0.39 is 0 Å². The average molecular weight is 175 g/mol. The molecular formula is C12H17N. The summed E-state index contributed by atoms with van der Waals surface area (Å²) in [5, 5.41) is 0. The van der Waals surface area contributed by atoms with E-state index in [2.05, 4.69) is 30.3 Å². The number of hydrogen-bond donors (Lipinski definition) is 1. The zero-order valence-electron chi connectivity index (χ0n) is 7.95. The lowest BCUT2D eigenvalue weighted by atomic mass is 9.96. The van der Waals surface area contributed by atoms with Crippen LogP contribution in [-0.4, -0.2) is 6.54 Å². The lowest BCUT2D eigenvalue weighted by Gasteiger charge is -2.09. The molecule has 1 nitrogen and oxygen atoms in total. The normalized spacial score (nSPS) is 27.8. The minimum Gasteiger partial charge on any atom is -0.330 e. The van der Waals surface area contributed by atoms with E-state index in [4.69, 9.17) is 5.73 Å². The highest BCUT2D eigenvalue weighted by molar-refractivity contribution is 5.20. The molecule has 0 unspecified atom stereocenters. The molecule has 0 radical (unpaired) electrons. The summed E-state index contributed by atoms with van der Waals surface area (Å²) >= 11 is 0. The molecule has 1 aliphatic carbocycles. The molecule has 1 fully saturated rings. The summed E-state index contributed by atoms with van der Waals surface area (Å²) in [5.41, 5.74) is 7.17. The summed E-state index contributed by atoms with van der Waals surface area (Å²) in [5.74, 6) is 1.54. The first-order chi connectivity index (χ1) is 6.40. The van der Waals surface area contributed by atoms with Gasteiger partial charge in [0.2, 0.25) is 0 Å². The van der Waals surface area contributed by atoms with Crippen molar-refractivity contribution in [2.24, 2.45) is 11.7 Å². The fraction of sp³-hybridized carbons (Fsp3) is 0.500. The van der Waals surface area contributed by atoms with Crippen LogP contribution in [0, 0.1) is 5.92 Å². The first-order valence-electron chi connectivity index (χ1n) is 5.15. The number of benzene rings is 1. The van der Waals surface area contributed by atoms with E-state index in [1.165, 1.54) is 24.8 Å². The zero-order valence-corrected chi connectivity index (χ0v) is 7.95. The molecule has 70 valence electrons. The Morgan fingerprint density at radius 2 is 1.92 bits per heavy atom. The van der Waals surface area contributed by atoms with Crippen LogP contribution in [0.1, 0.15) is 30.7 Å². The molecule has 0 heterocycles. The smallest absolute Gasteiger partial charge is 0.00486 e. The van der Waals surface area contributed by atoms with Gasteiger partial charge >= 0.3 is 0 Å². The standard InChI is InChI=1S/C12H17N/c13-9-10-6-7-12(8-10)11-4-2-1-3-5-11/h1-5,10,12H,6-9,13H2/t10-,12-/m0/s1. The Kier molecular flexibility index (Phi) is 2.65. The highest BCUT2D eigenvalue weighted by Gasteiger charge is 2.24. The summed E-state index contributed by atoms with van der Waals surface area (Å²) < 4.78 is 0. The molecule has 0 aliphatic heterocycles. The Balaban J connectivity index is 2.04. The van der Waals surface area contributed by atoms with E-state index in [1.807, 2.05) is 0 Å². The molecule has 0 saturated heterocycles. The number of nitrogens with two attached hydrogens (primary N) is 1. The molecule has 2 rings (SSSR count). The van der Waals surface area contributed by atoms with E-state index >= 15 is 0 Å². The third-order valence-corrected chi connectivity index (χ3v) is 3.15. The summed E-state index contributed by atoms with van der Waals surface area (Å²) in [6, 6.07) is 10.8. The van der Waals surface area contributed by atoms with Gasteiger partial charge in [-0.15, -0.1) is 0 Å². The molecule has 1 aromatic carbocycles. The second-order valence-electron chi connectivity index (χ2n) is 4.02. The molecule has 13 heavy (non-hydrogen) atoms. The monoisotopic (exact) mass is 175 g/mol. The highest BCUT2D eigenvalue weighted by atomic mass is 14.6. The van der Waals surface area contributed by atoms with E-state index in [0.29, 0.717) is 0 Å². The van der Waals surface area contributed by atoms with Gasteiger partial charge in [0.1, 0.15) is 0 Å². The minimum atomic E-state index is 0.769. The highest BCUT2D eigenvalue weighted by Crippen LogP contribution is 2.37. The molecule has 0 aromatic heterocycles. The van der Waals surface area contributed by atoms with Gasteiger partial charge in [-0.05, 0) is 43.2 Å². The van der Waals surface area contributed by atoms with Crippen molar-refractivity contribution >= 4 is 0 Å². The summed E-state index contributed by atoms with van der Waals surface area (Å²) in [4.78, 5) is 0. The van der Waals surface area contributed by atoms with Crippen LogP contribution in [0.4, 0.5) is 0 Å². The molecular weight excluding hydrogens is 158 g/mol. The fourth-order valence-corrected chi connectivity index (χ4v) is 2.32. The lowest BCUT2D eigenvalue weighted by molar-refractivity contribution is 0.551. The molecule has 0 bridgehead atoms. The largest absolute Gasteiger partial charge is 0.330 e. The van der Waals surface area contributed by atoms with E-state index in [9.17, 15) is 0 Å². The molecule has 0 spiro atoms. The SMILES string of the molecule is NC[C@H]1CC[C@H](c2ccccc2)C1. The van der Waals surface area contributed by atoms with Crippen molar-refractivity contribution in [2.75, 3.05) is 6.54 Å². The van der Waals surface area contributed by atoms with Gasteiger partial charge in [0.05, 0.1) is 0 Å². The number of hydrogen-bond acceptors (Lipinski definition) is 1. The first-order valence-corrected chi connectivity index (χ1v) is 5.15. The summed E-state index contributed by atoms with van der Waals surface area (Å²) in [6.07, 6.45) is 3.93. The van der Waals surface area contributed by atoms with Gasteiger partial charge in [-0.1, -0.05) is 30.3 Å². The first kappa shape index (κ1) is 8.76. The van der Waals surface area contributed by atoms with Gasteiger partial charge in [0.25, 0.3) is 0 Å². The Morgan fingerprint density at radius 1 is 1.15 bits per heavy atom. The maximum absolute atomic E-state index is 5.67. The quantitative estimate of drug-likeness (QED) is 0.734. The molecule has 0 amide bonds. The van der Waals surface area contributed by atoms with Gasteiger partial charge in [0, 0.05) is 0 Å². The summed E-state index contributed by atoms with van der Waals surface area (Å²) in [6.45, 7) is 0.864. The second kappa shape index (κ2) is 3.93. The van der Waals surface area contributed by atoms with Crippen molar-refractivity contribution in [1.82, 2.24) is 0 Å². The van der Waals surface area contributed by atoms with Crippen LogP contribution in [0.3, 0.4) is 0 Å². The van der Waals surface area contributed by atoms with Crippen LogP contribution in [0.15, 0.2) is 30.3 Å².